The second-order valence-electron chi connectivity index (χ2n) is 6.00. The average Bonchev–Trinajstić information content (AvgIpc) is 2.61. The predicted octanol–water partition coefficient (Wildman–Crippen LogP) is 5.75. The number of benzene rings is 2. The summed E-state index contributed by atoms with van der Waals surface area (Å²) in [4.78, 5) is 24.0. The van der Waals surface area contributed by atoms with Gasteiger partial charge in [-0.1, -0.05) is 41.8 Å². The highest BCUT2D eigenvalue weighted by Crippen LogP contribution is 2.28. The molecule has 2 aromatic carbocycles. The summed E-state index contributed by atoms with van der Waals surface area (Å²) in [7, 11) is 0. The van der Waals surface area contributed by atoms with E-state index in [1.165, 1.54) is 0 Å². The van der Waals surface area contributed by atoms with Crippen LogP contribution in [0.1, 0.15) is 32.6 Å². The van der Waals surface area contributed by atoms with Gasteiger partial charge < -0.3 is 15.4 Å². The first-order valence-electron chi connectivity index (χ1n) is 8.75. The highest BCUT2D eigenvalue weighted by molar-refractivity contribution is 9.11. The Morgan fingerprint density at radius 1 is 0.963 bits per heavy atom. The maximum atomic E-state index is 12.1. The van der Waals surface area contributed by atoms with E-state index < -0.39 is 0 Å². The summed E-state index contributed by atoms with van der Waals surface area (Å²) < 4.78 is 7.20. The lowest BCUT2D eigenvalue weighted by atomic mass is 10.2. The third-order valence-corrected chi connectivity index (χ3v) is 4.80. The Morgan fingerprint density at radius 2 is 1.67 bits per heavy atom. The van der Waals surface area contributed by atoms with E-state index in [-0.39, 0.29) is 18.4 Å². The first-order valence-corrected chi connectivity index (χ1v) is 10.3. The van der Waals surface area contributed by atoms with Crippen LogP contribution < -0.4 is 15.4 Å². The quantitative estimate of drug-likeness (QED) is 0.433. The van der Waals surface area contributed by atoms with E-state index >= 15 is 0 Å². The Balaban J connectivity index is 1.85. The van der Waals surface area contributed by atoms with Crippen LogP contribution in [-0.4, -0.2) is 18.4 Å². The van der Waals surface area contributed by atoms with E-state index in [2.05, 4.69) is 49.4 Å². The minimum atomic E-state index is -0.281. The highest BCUT2D eigenvalue weighted by atomic mass is 79.9. The summed E-state index contributed by atoms with van der Waals surface area (Å²) in [6, 6.07) is 12.5. The summed E-state index contributed by atoms with van der Waals surface area (Å²) in [5.74, 6) is 0.285. The van der Waals surface area contributed by atoms with Gasteiger partial charge in [0.2, 0.25) is 5.91 Å². The number of halogens is 2. The molecule has 0 saturated heterocycles. The molecule has 0 bridgehead atoms. The lowest BCUT2D eigenvalue weighted by Crippen LogP contribution is -2.20. The number of amides is 2. The Labute approximate surface area is 176 Å². The third-order valence-electron chi connectivity index (χ3n) is 3.69. The van der Waals surface area contributed by atoms with Gasteiger partial charge in [-0.3, -0.25) is 9.59 Å². The maximum Gasteiger partial charge on any atom is 0.262 e. The molecule has 0 spiro atoms. The molecule has 0 aliphatic rings. The summed E-state index contributed by atoms with van der Waals surface area (Å²) in [5, 5.41) is 5.62. The molecular weight excluding hydrogens is 476 g/mol. The molecule has 27 heavy (non-hydrogen) atoms. The fourth-order valence-corrected chi connectivity index (χ4v) is 3.53. The molecule has 5 nitrogen and oxygen atoms in total. The van der Waals surface area contributed by atoms with Crippen molar-refractivity contribution in [2.45, 2.75) is 32.6 Å². The standard InChI is InChI=1S/C20H22Br2N2O3/c1-2-3-4-8-19(25)23-15-6-5-7-16(12-15)24-20(26)13-27-18-10-9-14(21)11-17(18)22/h5-7,9-12H,2-4,8,13H2,1H3,(H,23,25)(H,24,26). The van der Waals surface area contributed by atoms with Gasteiger partial charge in [-0.2, -0.15) is 0 Å². The number of nitrogens with one attached hydrogen (secondary N) is 2. The van der Waals surface area contributed by atoms with Crippen LogP contribution in [0.5, 0.6) is 5.75 Å². The Hall–Kier alpha value is -1.86. The highest BCUT2D eigenvalue weighted by Gasteiger charge is 2.08. The van der Waals surface area contributed by atoms with E-state index in [4.69, 9.17) is 4.74 Å². The topological polar surface area (TPSA) is 67.4 Å². The zero-order chi connectivity index (χ0) is 19.6. The van der Waals surface area contributed by atoms with Gasteiger partial charge in [-0.25, -0.2) is 0 Å². The summed E-state index contributed by atoms with van der Waals surface area (Å²) in [5.41, 5.74) is 1.26. The average molecular weight is 498 g/mol. The molecule has 2 rings (SSSR count). The van der Waals surface area contributed by atoms with Gasteiger partial charge in [0, 0.05) is 22.3 Å². The van der Waals surface area contributed by atoms with Crippen molar-refractivity contribution >= 4 is 55.0 Å². The number of hydrogen-bond donors (Lipinski definition) is 2. The lowest BCUT2D eigenvalue weighted by Gasteiger charge is -2.11. The van der Waals surface area contributed by atoms with Crippen LogP contribution in [-0.2, 0) is 9.59 Å². The fraction of sp³-hybridized carbons (Fsp3) is 0.300. The second kappa shape index (κ2) is 11.1. The number of ether oxygens (including phenoxy) is 1. The number of hydrogen-bond acceptors (Lipinski definition) is 3. The van der Waals surface area contributed by atoms with Crippen LogP contribution >= 0.6 is 31.9 Å². The normalized spacial score (nSPS) is 10.3. The van der Waals surface area contributed by atoms with E-state index in [1.54, 1.807) is 30.3 Å². The van der Waals surface area contributed by atoms with Gasteiger partial charge in [-0.05, 0) is 58.7 Å². The maximum absolute atomic E-state index is 12.1. The van der Waals surface area contributed by atoms with E-state index in [0.717, 1.165) is 28.2 Å². The molecule has 0 atom stereocenters. The van der Waals surface area contributed by atoms with E-state index in [1.807, 2.05) is 12.1 Å². The van der Waals surface area contributed by atoms with Crippen LogP contribution in [0, 0.1) is 0 Å². The monoisotopic (exact) mass is 496 g/mol. The van der Waals surface area contributed by atoms with Crippen LogP contribution in [0.3, 0.4) is 0 Å². The molecule has 144 valence electrons. The molecule has 0 aromatic heterocycles. The minimum Gasteiger partial charge on any atom is -0.483 e. The van der Waals surface area contributed by atoms with E-state index in [0.29, 0.717) is 23.5 Å². The number of carbonyl (C=O) groups is 2. The van der Waals surface area contributed by atoms with Gasteiger partial charge in [0.05, 0.1) is 4.47 Å². The molecule has 0 saturated carbocycles. The zero-order valence-corrected chi connectivity index (χ0v) is 18.2. The van der Waals surface area contributed by atoms with Crippen LogP contribution in [0.4, 0.5) is 11.4 Å². The van der Waals surface area contributed by atoms with Gasteiger partial charge in [0.15, 0.2) is 6.61 Å². The van der Waals surface area contributed by atoms with Crippen molar-refractivity contribution in [1.29, 1.82) is 0 Å². The van der Waals surface area contributed by atoms with Crippen molar-refractivity contribution in [1.82, 2.24) is 0 Å². The first-order chi connectivity index (χ1) is 13.0. The van der Waals surface area contributed by atoms with Crippen LogP contribution in [0.15, 0.2) is 51.4 Å². The molecule has 7 heteroatoms. The molecule has 0 fully saturated rings. The number of carbonyl (C=O) groups excluding carboxylic acids is 2. The molecule has 2 amide bonds. The first kappa shape index (κ1) is 21.4. The van der Waals surface area contributed by atoms with Crippen molar-refractivity contribution in [3.05, 3.63) is 51.4 Å². The third kappa shape index (κ3) is 7.72. The molecule has 2 N–H and O–H groups in total. The summed E-state index contributed by atoms with van der Waals surface area (Å²) in [6.07, 6.45) is 3.49. The number of unbranched alkanes of at least 4 members (excludes halogenated alkanes) is 2. The minimum absolute atomic E-state index is 0.0182. The molecule has 0 unspecified atom stereocenters. The number of rotatable bonds is 9. The van der Waals surface area contributed by atoms with Gasteiger partial charge in [0.1, 0.15) is 5.75 Å². The predicted molar refractivity (Wildman–Crippen MR) is 115 cm³/mol. The lowest BCUT2D eigenvalue weighted by molar-refractivity contribution is -0.118. The molecule has 0 aliphatic carbocycles. The smallest absolute Gasteiger partial charge is 0.262 e. The van der Waals surface area contributed by atoms with Crippen LogP contribution in [0.2, 0.25) is 0 Å². The van der Waals surface area contributed by atoms with Crippen molar-refractivity contribution in [3.63, 3.8) is 0 Å². The summed E-state index contributed by atoms with van der Waals surface area (Å²) in [6.45, 7) is 1.98. The Bertz CT molecular complexity index is 797. The van der Waals surface area contributed by atoms with Crippen molar-refractivity contribution in [2.75, 3.05) is 17.2 Å². The summed E-state index contributed by atoms with van der Waals surface area (Å²) >= 11 is 6.76. The van der Waals surface area contributed by atoms with Crippen molar-refractivity contribution < 1.29 is 14.3 Å². The fourth-order valence-electron chi connectivity index (χ4n) is 2.37. The van der Waals surface area contributed by atoms with E-state index in [9.17, 15) is 9.59 Å². The molecular formula is C20H22Br2N2O3. The zero-order valence-electron chi connectivity index (χ0n) is 15.1. The molecule has 0 radical (unpaired) electrons. The van der Waals surface area contributed by atoms with Crippen molar-refractivity contribution in [2.24, 2.45) is 0 Å². The van der Waals surface area contributed by atoms with Gasteiger partial charge in [0.25, 0.3) is 5.91 Å². The Morgan fingerprint density at radius 3 is 2.33 bits per heavy atom. The number of anilines is 2. The molecule has 0 aliphatic heterocycles. The SMILES string of the molecule is CCCCCC(=O)Nc1cccc(NC(=O)COc2ccc(Br)cc2Br)c1. The second-order valence-corrected chi connectivity index (χ2v) is 7.77. The largest absolute Gasteiger partial charge is 0.483 e. The van der Waals surface area contributed by atoms with Gasteiger partial charge in [-0.15, -0.1) is 0 Å². The van der Waals surface area contributed by atoms with Gasteiger partial charge >= 0.3 is 0 Å². The van der Waals surface area contributed by atoms with Crippen molar-refractivity contribution in [3.8, 4) is 5.75 Å². The molecule has 0 heterocycles. The molecule has 2 aromatic rings. The Kier molecular flexibility index (Phi) is 8.81. The van der Waals surface area contributed by atoms with Crippen LogP contribution in [0.25, 0.3) is 0 Å².